The summed E-state index contributed by atoms with van der Waals surface area (Å²) in [4.78, 5) is 0. The van der Waals surface area contributed by atoms with Crippen LogP contribution in [0.3, 0.4) is 0 Å². The Morgan fingerprint density at radius 1 is 1.17 bits per heavy atom. The van der Waals surface area contributed by atoms with Crippen molar-refractivity contribution in [2.45, 2.75) is 38.7 Å². The second-order valence-electron chi connectivity index (χ2n) is 5.42. The molecule has 2 N–H and O–H groups in total. The molecule has 0 unspecified atom stereocenters. The largest absolute Gasteiger partial charge is 0.454 e. The summed E-state index contributed by atoms with van der Waals surface area (Å²) >= 11 is 0. The number of halogens is 2. The van der Waals surface area contributed by atoms with Crippen molar-refractivity contribution in [3.63, 3.8) is 0 Å². The van der Waals surface area contributed by atoms with Crippen LogP contribution in [0.5, 0.6) is 11.5 Å². The van der Waals surface area contributed by atoms with Gasteiger partial charge in [-0.1, -0.05) is 0 Å². The van der Waals surface area contributed by atoms with E-state index >= 15 is 0 Å². The second kappa shape index (κ2) is 4.09. The maximum Gasteiger partial charge on any atom is 0.270 e. The molecular weight excluding hydrogens is 240 g/mol. The first-order valence-corrected chi connectivity index (χ1v) is 5.76. The van der Waals surface area contributed by atoms with Crippen LogP contribution in [0.25, 0.3) is 0 Å². The third-order valence-electron chi connectivity index (χ3n) is 2.72. The van der Waals surface area contributed by atoms with Gasteiger partial charge in [0.05, 0.1) is 0 Å². The van der Waals surface area contributed by atoms with E-state index in [-0.39, 0.29) is 12.4 Å². The maximum absolute atomic E-state index is 13.6. The molecule has 2 rings (SSSR count). The SMILES string of the molecule is CC(C)(N)Cc1cc2c(cc1C(C)(F)F)OCO2. The summed E-state index contributed by atoms with van der Waals surface area (Å²) in [5, 5.41) is 0. The molecule has 0 bridgehead atoms. The Balaban J connectivity index is 2.49. The van der Waals surface area contributed by atoms with Gasteiger partial charge < -0.3 is 15.2 Å². The van der Waals surface area contributed by atoms with Crippen LogP contribution in [0.1, 0.15) is 31.9 Å². The molecule has 0 saturated carbocycles. The van der Waals surface area contributed by atoms with Crippen molar-refractivity contribution in [3.8, 4) is 11.5 Å². The molecule has 1 aliphatic heterocycles. The van der Waals surface area contributed by atoms with E-state index in [2.05, 4.69) is 0 Å². The summed E-state index contributed by atoms with van der Waals surface area (Å²) in [6, 6.07) is 2.95. The minimum atomic E-state index is -2.93. The van der Waals surface area contributed by atoms with Crippen molar-refractivity contribution >= 4 is 0 Å². The number of ether oxygens (including phenoxy) is 2. The van der Waals surface area contributed by atoms with Gasteiger partial charge >= 0.3 is 0 Å². The van der Waals surface area contributed by atoms with Crippen molar-refractivity contribution in [3.05, 3.63) is 23.3 Å². The fourth-order valence-corrected chi connectivity index (χ4v) is 2.03. The average Bonchev–Trinajstić information content (AvgIpc) is 2.58. The highest BCUT2D eigenvalue weighted by Crippen LogP contribution is 2.41. The molecule has 100 valence electrons. The molecule has 0 amide bonds. The average molecular weight is 257 g/mol. The number of benzene rings is 1. The van der Waals surface area contributed by atoms with Crippen LogP contribution in [-0.4, -0.2) is 12.3 Å². The van der Waals surface area contributed by atoms with Crippen LogP contribution in [0, 0.1) is 0 Å². The smallest absolute Gasteiger partial charge is 0.270 e. The molecular formula is C13H17F2NO2. The third kappa shape index (κ3) is 2.72. The third-order valence-corrected chi connectivity index (χ3v) is 2.72. The highest BCUT2D eigenvalue weighted by molar-refractivity contribution is 5.50. The Bertz CT molecular complexity index is 461. The molecule has 0 fully saturated rings. The highest BCUT2D eigenvalue weighted by atomic mass is 19.3. The van der Waals surface area contributed by atoms with E-state index in [4.69, 9.17) is 15.2 Å². The standard InChI is InChI=1S/C13H17F2NO2/c1-12(2,16)6-8-4-10-11(18-7-17-10)5-9(8)13(3,14)15/h4-5H,6-7,16H2,1-3H3. The summed E-state index contributed by atoms with van der Waals surface area (Å²) in [5.74, 6) is -2.06. The molecule has 18 heavy (non-hydrogen) atoms. The topological polar surface area (TPSA) is 44.5 Å². The lowest BCUT2D eigenvalue weighted by molar-refractivity contribution is 0.0162. The first-order valence-electron chi connectivity index (χ1n) is 5.76. The van der Waals surface area contributed by atoms with E-state index < -0.39 is 11.5 Å². The van der Waals surface area contributed by atoms with Gasteiger partial charge in [0.15, 0.2) is 11.5 Å². The zero-order valence-electron chi connectivity index (χ0n) is 10.7. The predicted octanol–water partition coefficient (Wildman–Crippen LogP) is 2.81. The fourth-order valence-electron chi connectivity index (χ4n) is 2.03. The van der Waals surface area contributed by atoms with Gasteiger partial charge in [-0.15, -0.1) is 0 Å². The minimum absolute atomic E-state index is 0.0507. The summed E-state index contributed by atoms with van der Waals surface area (Å²) < 4.78 is 37.6. The second-order valence-corrected chi connectivity index (χ2v) is 5.42. The Kier molecular flexibility index (Phi) is 2.97. The van der Waals surface area contributed by atoms with Gasteiger partial charge in [-0.05, 0) is 38.0 Å². The molecule has 1 heterocycles. The van der Waals surface area contributed by atoms with Gasteiger partial charge in [-0.3, -0.25) is 0 Å². The van der Waals surface area contributed by atoms with Gasteiger partial charge in [0.2, 0.25) is 6.79 Å². The van der Waals surface area contributed by atoms with Gasteiger partial charge in [0.25, 0.3) is 5.92 Å². The normalized spacial score (nSPS) is 15.0. The van der Waals surface area contributed by atoms with Crippen LogP contribution in [-0.2, 0) is 12.3 Å². The fraction of sp³-hybridized carbons (Fsp3) is 0.538. The molecule has 0 aliphatic carbocycles. The van der Waals surface area contributed by atoms with Crippen molar-refractivity contribution in [1.29, 1.82) is 0 Å². The molecule has 0 radical (unpaired) electrons. The molecule has 1 aromatic carbocycles. The molecule has 1 aliphatic rings. The van der Waals surface area contributed by atoms with E-state index in [0.29, 0.717) is 23.5 Å². The Morgan fingerprint density at radius 3 is 2.22 bits per heavy atom. The van der Waals surface area contributed by atoms with Gasteiger partial charge in [-0.25, -0.2) is 8.78 Å². The minimum Gasteiger partial charge on any atom is -0.454 e. The highest BCUT2D eigenvalue weighted by Gasteiger charge is 2.32. The number of rotatable bonds is 3. The number of hydrogen-bond donors (Lipinski definition) is 1. The van der Waals surface area contributed by atoms with E-state index in [1.165, 1.54) is 6.07 Å². The monoisotopic (exact) mass is 257 g/mol. The summed E-state index contributed by atoms with van der Waals surface area (Å²) in [6.45, 7) is 4.54. The lowest BCUT2D eigenvalue weighted by Gasteiger charge is -2.23. The van der Waals surface area contributed by atoms with Gasteiger partial charge in [0, 0.05) is 18.0 Å². The Morgan fingerprint density at radius 2 is 1.72 bits per heavy atom. The molecule has 5 heteroatoms. The van der Waals surface area contributed by atoms with Crippen molar-refractivity contribution in [2.75, 3.05) is 6.79 Å². The summed E-state index contributed by atoms with van der Waals surface area (Å²) in [5.41, 5.74) is 5.79. The molecule has 0 saturated heterocycles. The van der Waals surface area contributed by atoms with Crippen LogP contribution in [0.15, 0.2) is 12.1 Å². The van der Waals surface area contributed by atoms with E-state index in [9.17, 15) is 8.78 Å². The Hall–Kier alpha value is -1.36. The van der Waals surface area contributed by atoms with Crippen LogP contribution >= 0.6 is 0 Å². The number of fused-ring (bicyclic) bond motifs is 1. The number of hydrogen-bond acceptors (Lipinski definition) is 3. The van der Waals surface area contributed by atoms with Crippen molar-refractivity contribution in [2.24, 2.45) is 5.73 Å². The van der Waals surface area contributed by atoms with E-state index in [0.717, 1.165) is 6.92 Å². The molecule has 0 spiro atoms. The van der Waals surface area contributed by atoms with Crippen LogP contribution in [0.2, 0.25) is 0 Å². The molecule has 0 aromatic heterocycles. The zero-order chi connectivity index (χ0) is 13.6. The quantitative estimate of drug-likeness (QED) is 0.905. The van der Waals surface area contributed by atoms with Crippen molar-refractivity contribution < 1.29 is 18.3 Å². The van der Waals surface area contributed by atoms with Gasteiger partial charge in [0.1, 0.15) is 0 Å². The molecule has 3 nitrogen and oxygen atoms in total. The summed E-state index contributed by atoms with van der Waals surface area (Å²) in [7, 11) is 0. The van der Waals surface area contributed by atoms with Crippen LogP contribution < -0.4 is 15.2 Å². The lowest BCUT2D eigenvalue weighted by Crippen LogP contribution is -2.35. The predicted molar refractivity (Wildman–Crippen MR) is 64.1 cm³/mol. The lowest BCUT2D eigenvalue weighted by atomic mass is 9.90. The first kappa shape index (κ1) is 13.1. The molecule has 0 atom stereocenters. The summed E-state index contributed by atoms with van der Waals surface area (Å²) in [6.07, 6.45) is 0.350. The van der Waals surface area contributed by atoms with E-state index in [1.807, 2.05) is 0 Å². The van der Waals surface area contributed by atoms with Gasteiger partial charge in [-0.2, -0.15) is 0 Å². The zero-order valence-corrected chi connectivity index (χ0v) is 10.7. The maximum atomic E-state index is 13.6. The molecule has 1 aromatic rings. The van der Waals surface area contributed by atoms with Crippen LogP contribution in [0.4, 0.5) is 8.78 Å². The van der Waals surface area contributed by atoms with E-state index in [1.54, 1.807) is 19.9 Å². The number of nitrogens with two attached hydrogens (primary N) is 1. The van der Waals surface area contributed by atoms with Crippen molar-refractivity contribution in [1.82, 2.24) is 0 Å². The Labute approximate surface area is 105 Å². The number of alkyl halides is 2. The first-order chi connectivity index (χ1) is 8.17.